The quantitative estimate of drug-likeness (QED) is 0.825. The van der Waals surface area contributed by atoms with Gasteiger partial charge in [0, 0.05) is 37.5 Å². The summed E-state index contributed by atoms with van der Waals surface area (Å²) in [5.41, 5.74) is 0. The van der Waals surface area contributed by atoms with E-state index in [-0.39, 0.29) is 22.8 Å². The van der Waals surface area contributed by atoms with Gasteiger partial charge in [0.15, 0.2) is 11.5 Å². The van der Waals surface area contributed by atoms with Gasteiger partial charge >= 0.3 is 0 Å². The number of amides is 1. The Labute approximate surface area is 128 Å². The molecule has 2 saturated heterocycles. The van der Waals surface area contributed by atoms with Crippen molar-refractivity contribution >= 4 is 15.9 Å². The van der Waals surface area contributed by atoms with Crippen LogP contribution in [0.25, 0.3) is 0 Å². The van der Waals surface area contributed by atoms with Crippen LogP contribution in [-0.4, -0.2) is 51.0 Å². The van der Waals surface area contributed by atoms with Gasteiger partial charge in [0.2, 0.25) is 15.9 Å². The first kappa shape index (κ1) is 13.8. The molecule has 1 amide bonds. The number of ether oxygens (including phenoxy) is 2. The van der Waals surface area contributed by atoms with Gasteiger partial charge in [0.25, 0.3) is 0 Å². The molecule has 0 aromatic heterocycles. The van der Waals surface area contributed by atoms with Gasteiger partial charge in [-0.25, -0.2) is 8.42 Å². The number of hydrogen-bond acceptors (Lipinski definition) is 5. The maximum Gasteiger partial charge on any atom is 0.243 e. The third-order valence-corrected chi connectivity index (χ3v) is 6.18. The highest BCUT2D eigenvalue weighted by Gasteiger charge is 2.44. The molecular weight excluding hydrogens is 308 g/mol. The number of nitrogens with zero attached hydrogens (tertiary/aromatic N) is 1. The van der Waals surface area contributed by atoms with E-state index in [1.807, 2.05) is 0 Å². The monoisotopic (exact) mass is 324 g/mol. The second kappa shape index (κ2) is 4.85. The lowest BCUT2D eigenvalue weighted by molar-refractivity contribution is -0.119. The van der Waals surface area contributed by atoms with Gasteiger partial charge in [-0.1, -0.05) is 0 Å². The van der Waals surface area contributed by atoms with Crippen molar-refractivity contribution in [2.24, 2.45) is 5.92 Å². The summed E-state index contributed by atoms with van der Waals surface area (Å²) in [7, 11) is -3.59. The molecule has 0 unspecified atom stereocenters. The molecule has 3 aliphatic rings. The molecular formula is C14H16N2O5S. The number of carbonyl (C=O) groups is 1. The molecule has 2 fully saturated rings. The number of benzene rings is 1. The molecule has 0 spiro atoms. The van der Waals surface area contributed by atoms with Gasteiger partial charge < -0.3 is 14.8 Å². The molecule has 0 aliphatic carbocycles. The zero-order valence-electron chi connectivity index (χ0n) is 11.8. The predicted molar refractivity (Wildman–Crippen MR) is 76.2 cm³/mol. The molecule has 3 heterocycles. The van der Waals surface area contributed by atoms with Gasteiger partial charge in [0.1, 0.15) is 13.2 Å². The summed E-state index contributed by atoms with van der Waals surface area (Å²) in [6.07, 6.45) is 0.401. The van der Waals surface area contributed by atoms with Crippen LogP contribution in [-0.2, 0) is 14.8 Å². The minimum atomic E-state index is -3.59. The van der Waals surface area contributed by atoms with Crippen LogP contribution in [0.15, 0.2) is 23.1 Å². The normalized spacial score (nSPS) is 27.5. The second-order valence-corrected chi connectivity index (χ2v) is 7.70. The fourth-order valence-electron chi connectivity index (χ4n) is 3.24. The molecule has 1 aromatic rings. The molecule has 0 saturated carbocycles. The van der Waals surface area contributed by atoms with Crippen molar-refractivity contribution in [2.45, 2.75) is 17.4 Å². The minimum Gasteiger partial charge on any atom is -0.486 e. The first-order chi connectivity index (χ1) is 10.5. The molecule has 1 aromatic carbocycles. The largest absolute Gasteiger partial charge is 0.486 e. The second-order valence-electron chi connectivity index (χ2n) is 5.77. The Kier molecular flexibility index (Phi) is 3.05. The number of fused-ring (bicyclic) bond motifs is 2. The number of carbonyl (C=O) groups excluding carboxylic acids is 1. The van der Waals surface area contributed by atoms with Crippen molar-refractivity contribution in [1.82, 2.24) is 9.62 Å². The van der Waals surface area contributed by atoms with Gasteiger partial charge in [-0.15, -0.1) is 0 Å². The number of hydrogen-bond donors (Lipinski definition) is 1. The van der Waals surface area contributed by atoms with E-state index in [4.69, 9.17) is 9.47 Å². The smallest absolute Gasteiger partial charge is 0.243 e. The minimum absolute atomic E-state index is 0.00591. The summed E-state index contributed by atoms with van der Waals surface area (Å²) < 4.78 is 37.8. The lowest BCUT2D eigenvalue weighted by Gasteiger charge is -2.21. The van der Waals surface area contributed by atoms with Gasteiger partial charge in [0.05, 0.1) is 4.90 Å². The molecule has 0 bridgehead atoms. The molecule has 2 atom stereocenters. The Bertz CT molecular complexity index is 717. The highest BCUT2D eigenvalue weighted by atomic mass is 32.2. The van der Waals surface area contributed by atoms with E-state index in [2.05, 4.69) is 5.32 Å². The SMILES string of the molecule is O=C1C[C@H]2CN(S(=O)(=O)c3ccc4c(c3)OCCO4)C[C@H]2N1. The van der Waals surface area contributed by atoms with E-state index in [0.717, 1.165) is 0 Å². The average molecular weight is 324 g/mol. The van der Waals surface area contributed by atoms with E-state index in [1.54, 1.807) is 6.07 Å². The van der Waals surface area contributed by atoms with Gasteiger partial charge in [-0.05, 0) is 12.1 Å². The number of rotatable bonds is 2. The van der Waals surface area contributed by atoms with Crippen molar-refractivity contribution in [3.05, 3.63) is 18.2 Å². The topological polar surface area (TPSA) is 84.9 Å². The molecule has 22 heavy (non-hydrogen) atoms. The summed E-state index contributed by atoms with van der Waals surface area (Å²) in [5.74, 6) is 1.10. The summed E-state index contributed by atoms with van der Waals surface area (Å²) in [6.45, 7) is 1.58. The van der Waals surface area contributed by atoms with Crippen LogP contribution in [0.1, 0.15) is 6.42 Å². The molecule has 8 heteroatoms. The first-order valence-electron chi connectivity index (χ1n) is 7.23. The third kappa shape index (κ3) is 2.14. The van der Waals surface area contributed by atoms with Crippen LogP contribution in [0.3, 0.4) is 0 Å². The van der Waals surface area contributed by atoms with Crippen molar-refractivity contribution in [1.29, 1.82) is 0 Å². The van der Waals surface area contributed by atoms with E-state index >= 15 is 0 Å². The first-order valence-corrected chi connectivity index (χ1v) is 8.67. The van der Waals surface area contributed by atoms with Crippen LogP contribution >= 0.6 is 0 Å². The molecule has 1 N–H and O–H groups in total. The lowest BCUT2D eigenvalue weighted by Crippen LogP contribution is -2.35. The van der Waals surface area contributed by atoms with Crippen LogP contribution in [0.2, 0.25) is 0 Å². The van der Waals surface area contributed by atoms with E-state index in [1.165, 1.54) is 16.4 Å². The number of sulfonamides is 1. The van der Waals surface area contributed by atoms with E-state index < -0.39 is 10.0 Å². The Morgan fingerprint density at radius 2 is 1.91 bits per heavy atom. The Balaban J connectivity index is 1.60. The van der Waals surface area contributed by atoms with Gasteiger partial charge in [-0.3, -0.25) is 4.79 Å². The van der Waals surface area contributed by atoms with Crippen molar-refractivity contribution in [3.8, 4) is 11.5 Å². The molecule has 7 nitrogen and oxygen atoms in total. The maximum atomic E-state index is 12.7. The zero-order chi connectivity index (χ0) is 15.3. The Morgan fingerprint density at radius 1 is 1.14 bits per heavy atom. The predicted octanol–water partition coefficient (Wildman–Crippen LogP) is -0.0332. The molecule has 4 rings (SSSR count). The molecule has 3 aliphatic heterocycles. The average Bonchev–Trinajstić information content (AvgIpc) is 3.04. The summed E-state index contributed by atoms with van der Waals surface area (Å²) in [5, 5.41) is 2.83. The van der Waals surface area contributed by atoms with Crippen LogP contribution in [0, 0.1) is 5.92 Å². The van der Waals surface area contributed by atoms with Crippen molar-refractivity contribution in [2.75, 3.05) is 26.3 Å². The summed E-state index contributed by atoms with van der Waals surface area (Å²) in [6, 6.07) is 4.60. The molecule has 0 radical (unpaired) electrons. The third-order valence-electron chi connectivity index (χ3n) is 4.35. The van der Waals surface area contributed by atoms with Gasteiger partial charge in [-0.2, -0.15) is 4.31 Å². The highest BCUT2D eigenvalue weighted by Crippen LogP contribution is 2.35. The fourth-order valence-corrected chi connectivity index (χ4v) is 4.77. The van der Waals surface area contributed by atoms with Crippen molar-refractivity contribution in [3.63, 3.8) is 0 Å². The lowest BCUT2D eigenvalue weighted by atomic mass is 10.1. The Hall–Kier alpha value is -1.80. The summed E-state index contributed by atoms with van der Waals surface area (Å²) >= 11 is 0. The molecule has 118 valence electrons. The van der Waals surface area contributed by atoms with E-state index in [0.29, 0.717) is 44.2 Å². The van der Waals surface area contributed by atoms with Crippen molar-refractivity contribution < 1.29 is 22.7 Å². The van der Waals surface area contributed by atoms with Crippen LogP contribution < -0.4 is 14.8 Å². The summed E-state index contributed by atoms with van der Waals surface area (Å²) in [4.78, 5) is 11.5. The highest BCUT2D eigenvalue weighted by molar-refractivity contribution is 7.89. The fraction of sp³-hybridized carbons (Fsp3) is 0.500. The standard InChI is InChI=1S/C14H16N2O5S/c17-14-5-9-7-16(8-11(9)15-14)22(18,19)10-1-2-12-13(6-10)21-4-3-20-12/h1-2,6,9,11H,3-5,7-8H2,(H,15,17)/t9-,11+/m0/s1. The van der Waals surface area contributed by atoms with Crippen LogP contribution in [0.5, 0.6) is 11.5 Å². The van der Waals surface area contributed by atoms with E-state index in [9.17, 15) is 13.2 Å². The van der Waals surface area contributed by atoms with Crippen LogP contribution in [0.4, 0.5) is 0 Å². The Morgan fingerprint density at radius 3 is 2.68 bits per heavy atom. The zero-order valence-corrected chi connectivity index (χ0v) is 12.6. The maximum absolute atomic E-state index is 12.7. The number of nitrogens with one attached hydrogen (secondary N) is 1.